The highest BCUT2D eigenvalue weighted by atomic mass is 79.9. The van der Waals surface area contributed by atoms with E-state index in [0.29, 0.717) is 4.47 Å². The zero-order valence-electron chi connectivity index (χ0n) is 11.2. The number of nitrogens with one attached hydrogen (secondary N) is 1. The minimum atomic E-state index is -0.260. The highest BCUT2D eigenvalue weighted by molar-refractivity contribution is 9.10. The molecule has 0 radical (unpaired) electrons. The molecule has 0 aromatic heterocycles. The van der Waals surface area contributed by atoms with E-state index in [1.165, 1.54) is 6.07 Å². The number of hydrogen-bond acceptors (Lipinski definition) is 3. The molecule has 1 atom stereocenters. The number of hydrogen-bond donors (Lipinski definition) is 2. The van der Waals surface area contributed by atoms with E-state index >= 15 is 0 Å². The van der Waals surface area contributed by atoms with Gasteiger partial charge in [0.15, 0.2) is 0 Å². The van der Waals surface area contributed by atoms with Crippen molar-refractivity contribution in [2.24, 2.45) is 5.84 Å². The lowest BCUT2D eigenvalue weighted by Gasteiger charge is -2.16. The third-order valence-corrected chi connectivity index (χ3v) is 4.95. The molecule has 112 valence electrons. The largest absolute Gasteiger partial charge is 0.271 e. The Labute approximate surface area is 141 Å². The summed E-state index contributed by atoms with van der Waals surface area (Å²) in [6.45, 7) is 0. The van der Waals surface area contributed by atoms with Crippen LogP contribution in [0.1, 0.15) is 5.56 Å². The van der Waals surface area contributed by atoms with Crippen LogP contribution in [0.4, 0.5) is 4.39 Å². The first-order valence-electron chi connectivity index (χ1n) is 6.37. The Kier molecular flexibility index (Phi) is 6.51. The fourth-order valence-electron chi connectivity index (χ4n) is 1.87. The topological polar surface area (TPSA) is 38.0 Å². The maximum absolute atomic E-state index is 13.2. The summed E-state index contributed by atoms with van der Waals surface area (Å²) in [4.78, 5) is 1.10. The molecule has 0 aliphatic rings. The summed E-state index contributed by atoms with van der Waals surface area (Å²) < 4.78 is 13.7. The second-order valence-electron chi connectivity index (χ2n) is 4.58. The molecule has 0 fully saturated rings. The predicted octanol–water partition coefficient (Wildman–Crippen LogP) is 4.41. The standard InChI is InChI=1S/C15H15BrClFN2S/c16-14-7-10(4-5-15(14)18)6-12(20-19)9-21-13-3-1-2-11(17)8-13/h1-5,7-8,12,20H,6,9,19H2. The van der Waals surface area contributed by atoms with E-state index < -0.39 is 0 Å². The summed E-state index contributed by atoms with van der Waals surface area (Å²) in [6, 6.07) is 12.8. The van der Waals surface area contributed by atoms with Gasteiger partial charge in [-0.25, -0.2) is 4.39 Å². The summed E-state index contributed by atoms with van der Waals surface area (Å²) >= 11 is 10.8. The van der Waals surface area contributed by atoms with Gasteiger partial charge in [-0.2, -0.15) is 0 Å². The van der Waals surface area contributed by atoms with Crippen LogP contribution in [0.2, 0.25) is 5.02 Å². The molecule has 0 bridgehead atoms. The molecular weight excluding hydrogens is 375 g/mol. The lowest BCUT2D eigenvalue weighted by atomic mass is 10.1. The minimum Gasteiger partial charge on any atom is -0.271 e. The molecule has 0 amide bonds. The zero-order chi connectivity index (χ0) is 15.2. The number of nitrogens with two attached hydrogens (primary N) is 1. The molecule has 2 nitrogen and oxygen atoms in total. The molecule has 0 heterocycles. The molecule has 2 aromatic carbocycles. The van der Waals surface area contributed by atoms with Gasteiger partial charge in [-0.1, -0.05) is 23.7 Å². The van der Waals surface area contributed by atoms with Crippen molar-refractivity contribution in [1.82, 2.24) is 5.43 Å². The Morgan fingerprint density at radius 3 is 2.76 bits per heavy atom. The van der Waals surface area contributed by atoms with Gasteiger partial charge in [0.1, 0.15) is 5.82 Å². The number of thioether (sulfide) groups is 1. The van der Waals surface area contributed by atoms with Gasteiger partial charge >= 0.3 is 0 Å². The van der Waals surface area contributed by atoms with Crippen molar-refractivity contribution in [3.8, 4) is 0 Å². The maximum Gasteiger partial charge on any atom is 0.137 e. The Morgan fingerprint density at radius 1 is 1.29 bits per heavy atom. The third-order valence-electron chi connectivity index (χ3n) is 2.95. The van der Waals surface area contributed by atoms with Gasteiger partial charge in [0.25, 0.3) is 0 Å². The van der Waals surface area contributed by atoms with Gasteiger partial charge < -0.3 is 0 Å². The summed E-state index contributed by atoms with van der Waals surface area (Å²) in [6.07, 6.45) is 0.725. The average molecular weight is 390 g/mol. The number of benzene rings is 2. The monoisotopic (exact) mass is 388 g/mol. The van der Waals surface area contributed by atoms with Crippen LogP contribution in [0.3, 0.4) is 0 Å². The Bertz CT molecular complexity index is 612. The SMILES string of the molecule is NNC(CSc1cccc(Cl)c1)Cc1ccc(F)c(Br)c1. The van der Waals surface area contributed by atoms with Gasteiger partial charge in [0.2, 0.25) is 0 Å². The van der Waals surface area contributed by atoms with Crippen molar-refractivity contribution >= 4 is 39.3 Å². The van der Waals surface area contributed by atoms with Crippen molar-refractivity contribution in [3.63, 3.8) is 0 Å². The molecule has 0 saturated heterocycles. The molecule has 0 aliphatic heterocycles. The fraction of sp³-hybridized carbons (Fsp3) is 0.200. The average Bonchev–Trinajstić information content (AvgIpc) is 2.47. The van der Waals surface area contributed by atoms with Gasteiger partial charge in [-0.3, -0.25) is 11.3 Å². The first-order chi connectivity index (χ1) is 10.1. The molecule has 6 heteroatoms. The summed E-state index contributed by atoms with van der Waals surface area (Å²) in [5, 5.41) is 0.722. The van der Waals surface area contributed by atoms with E-state index in [2.05, 4.69) is 21.4 Å². The summed E-state index contributed by atoms with van der Waals surface area (Å²) in [5.41, 5.74) is 3.83. The first kappa shape index (κ1) is 16.8. The maximum atomic E-state index is 13.2. The molecule has 0 saturated carbocycles. The normalized spacial score (nSPS) is 12.4. The Balaban J connectivity index is 1.95. The smallest absolute Gasteiger partial charge is 0.137 e. The van der Waals surface area contributed by atoms with Crippen molar-refractivity contribution in [1.29, 1.82) is 0 Å². The van der Waals surface area contributed by atoms with E-state index in [-0.39, 0.29) is 11.9 Å². The summed E-state index contributed by atoms with van der Waals surface area (Å²) in [7, 11) is 0. The van der Waals surface area contributed by atoms with Crippen LogP contribution in [0.5, 0.6) is 0 Å². The molecule has 2 rings (SSSR count). The highest BCUT2D eigenvalue weighted by Crippen LogP contribution is 2.23. The van der Waals surface area contributed by atoms with Gasteiger partial charge in [0, 0.05) is 21.7 Å². The number of rotatable bonds is 6. The lowest BCUT2D eigenvalue weighted by molar-refractivity contribution is 0.573. The van der Waals surface area contributed by atoms with Crippen LogP contribution in [0.25, 0.3) is 0 Å². The molecule has 1 unspecified atom stereocenters. The van der Waals surface area contributed by atoms with E-state index in [0.717, 1.165) is 27.7 Å². The van der Waals surface area contributed by atoms with Crippen LogP contribution in [0.15, 0.2) is 51.8 Å². The van der Waals surface area contributed by atoms with Gasteiger partial charge in [0.05, 0.1) is 4.47 Å². The van der Waals surface area contributed by atoms with Crippen molar-refractivity contribution in [3.05, 3.63) is 63.3 Å². The quantitative estimate of drug-likeness (QED) is 0.437. The highest BCUT2D eigenvalue weighted by Gasteiger charge is 2.10. The van der Waals surface area contributed by atoms with Crippen molar-refractivity contribution in [2.45, 2.75) is 17.4 Å². The van der Waals surface area contributed by atoms with E-state index in [1.54, 1.807) is 23.9 Å². The second kappa shape index (κ2) is 8.15. The Morgan fingerprint density at radius 2 is 2.10 bits per heavy atom. The molecule has 0 aliphatic carbocycles. The minimum absolute atomic E-state index is 0.0892. The Hall–Kier alpha value is -0.590. The lowest BCUT2D eigenvalue weighted by Crippen LogP contribution is -2.38. The van der Waals surface area contributed by atoms with Crippen LogP contribution < -0.4 is 11.3 Å². The summed E-state index contributed by atoms with van der Waals surface area (Å²) in [5.74, 6) is 6.14. The first-order valence-corrected chi connectivity index (χ1v) is 8.52. The van der Waals surface area contributed by atoms with Crippen LogP contribution in [-0.2, 0) is 6.42 Å². The van der Waals surface area contributed by atoms with Crippen LogP contribution >= 0.6 is 39.3 Å². The fourth-order valence-corrected chi connectivity index (χ4v) is 3.54. The van der Waals surface area contributed by atoms with Crippen LogP contribution in [0, 0.1) is 5.82 Å². The van der Waals surface area contributed by atoms with Crippen LogP contribution in [-0.4, -0.2) is 11.8 Å². The number of hydrazine groups is 1. The predicted molar refractivity (Wildman–Crippen MR) is 91.1 cm³/mol. The van der Waals surface area contributed by atoms with E-state index in [9.17, 15) is 4.39 Å². The van der Waals surface area contributed by atoms with Gasteiger partial charge in [-0.15, -0.1) is 11.8 Å². The molecule has 0 spiro atoms. The van der Waals surface area contributed by atoms with Crippen molar-refractivity contribution in [2.75, 3.05) is 5.75 Å². The van der Waals surface area contributed by atoms with E-state index in [4.69, 9.17) is 17.4 Å². The molecule has 2 aromatic rings. The zero-order valence-corrected chi connectivity index (χ0v) is 14.3. The van der Waals surface area contributed by atoms with Gasteiger partial charge in [-0.05, 0) is 58.2 Å². The molecule has 3 N–H and O–H groups in total. The molecular formula is C15H15BrClFN2S. The molecule has 21 heavy (non-hydrogen) atoms. The number of halogens is 3. The second-order valence-corrected chi connectivity index (χ2v) is 6.97. The third kappa shape index (κ3) is 5.27. The van der Waals surface area contributed by atoms with Crippen molar-refractivity contribution < 1.29 is 4.39 Å². The van der Waals surface area contributed by atoms with E-state index in [1.807, 2.05) is 24.3 Å².